The largest absolute Gasteiger partial charge is 0.390 e. The number of hydrogen-bond donors (Lipinski definition) is 3. The Morgan fingerprint density at radius 3 is 2.00 bits per heavy atom. The van der Waals surface area contributed by atoms with Gasteiger partial charge in [0.15, 0.2) is 0 Å². The van der Waals surface area contributed by atoms with Gasteiger partial charge in [-0.15, -0.1) is 0 Å². The summed E-state index contributed by atoms with van der Waals surface area (Å²) in [6, 6.07) is 0.0373. The molecule has 0 aromatic rings. The van der Waals surface area contributed by atoms with Gasteiger partial charge in [-0.2, -0.15) is 0 Å². The molecular weight excluding hydrogens is 188 g/mol. The molecule has 0 aromatic carbocycles. The molecule has 0 aliphatic rings. The smallest absolute Gasteiger partial charge is 0.0657 e. The van der Waals surface area contributed by atoms with Crippen LogP contribution in [0, 0.1) is 5.41 Å². The number of unbranched alkanes of at least 4 members (excludes halogenated alkanes) is 2. The summed E-state index contributed by atoms with van der Waals surface area (Å²) < 4.78 is 0. The van der Waals surface area contributed by atoms with E-state index in [1.807, 2.05) is 27.7 Å². The van der Waals surface area contributed by atoms with Crippen molar-refractivity contribution in [3.8, 4) is 0 Å². The van der Waals surface area contributed by atoms with Gasteiger partial charge in [0, 0.05) is 11.5 Å². The Labute approximate surface area is 94.2 Å². The molecule has 0 radical (unpaired) electrons. The third-order valence-corrected chi connectivity index (χ3v) is 3.72. The Kier molecular flexibility index (Phi) is 5.78. The lowest BCUT2D eigenvalue weighted by molar-refractivity contribution is -0.0503. The first-order valence-electron chi connectivity index (χ1n) is 5.91. The zero-order chi connectivity index (χ0) is 12.1. The molecule has 0 fully saturated rings. The molecule has 0 saturated carbocycles. The van der Waals surface area contributed by atoms with Crippen LogP contribution >= 0.6 is 0 Å². The molecule has 1 atom stereocenters. The minimum atomic E-state index is -0.736. The maximum Gasteiger partial charge on any atom is 0.0657 e. The fraction of sp³-hybridized carbons (Fsp3) is 1.00. The predicted octanol–water partition coefficient (Wildman–Crippen LogP) is 1.63. The second-order valence-corrected chi connectivity index (χ2v) is 5.53. The van der Waals surface area contributed by atoms with Crippen LogP contribution in [0.3, 0.4) is 0 Å². The van der Waals surface area contributed by atoms with Crippen LogP contribution in [0.4, 0.5) is 0 Å². The molecule has 0 saturated heterocycles. The number of nitrogens with two attached hydrogens (primary N) is 2. The van der Waals surface area contributed by atoms with Gasteiger partial charge in [0.25, 0.3) is 0 Å². The summed E-state index contributed by atoms with van der Waals surface area (Å²) in [7, 11) is 0. The number of hydrogen-bond acceptors (Lipinski definition) is 3. The van der Waals surface area contributed by atoms with Crippen LogP contribution in [-0.4, -0.2) is 23.3 Å². The quantitative estimate of drug-likeness (QED) is 0.566. The summed E-state index contributed by atoms with van der Waals surface area (Å²) in [4.78, 5) is 0. The van der Waals surface area contributed by atoms with Crippen LogP contribution in [0.1, 0.15) is 53.4 Å². The van der Waals surface area contributed by atoms with E-state index in [1.54, 1.807) is 0 Å². The molecule has 0 bridgehead atoms. The van der Waals surface area contributed by atoms with Gasteiger partial charge in [0.2, 0.25) is 0 Å². The van der Waals surface area contributed by atoms with Gasteiger partial charge < -0.3 is 16.6 Å². The van der Waals surface area contributed by atoms with E-state index in [0.717, 1.165) is 32.2 Å². The Morgan fingerprint density at radius 1 is 1.07 bits per heavy atom. The summed E-state index contributed by atoms with van der Waals surface area (Å²) in [5.41, 5.74) is 10.6. The summed E-state index contributed by atoms with van der Waals surface area (Å²) >= 11 is 0. The van der Waals surface area contributed by atoms with Crippen LogP contribution < -0.4 is 11.5 Å². The van der Waals surface area contributed by atoms with Gasteiger partial charge in [-0.05, 0) is 33.2 Å². The van der Waals surface area contributed by atoms with Crippen LogP contribution in [0.25, 0.3) is 0 Å². The normalized spacial score (nSPS) is 15.4. The standard InChI is InChI=1S/C12H28N2O/c1-11(2,12(3,4)15)10(14)8-6-5-7-9-13/h10,15H,5-9,13-14H2,1-4H3. The molecule has 1 unspecified atom stereocenters. The highest BCUT2D eigenvalue weighted by Gasteiger charge is 2.39. The fourth-order valence-electron chi connectivity index (χ4n) is 1.50. The van der Waals surface area contributed by atoms with Crippen molar-refractivity contribution in [3.05, 3.63) is 0 Å². The molecule has 0 amide bonds. The zero-order valence-electron chi connectivity index (χ0n) is 10.7. The molecule has 92 valence electrons. The van der Waals surface area contributed by atoms with E-state index in [-0.39, 0.29) is 11.5 Å². The fourth-order valence-corrected chi connectivity index (χ4v) is 1.50. The van der Waals surface area contributed by atoms with E-state index in [4.69, 9.17) is 11.5 Å². The SMILES string of the molecule is CC(C)(O)C(C)(C)C(N)CCCCCN. The number of aliphatic hydroxyl groups is 1. The molecule has 0 aliphatic carbocycles. The first kappa shape index (κ1) is 14.9. The summed E-state index contributed by atoms with van der Waals surface area (Å²) in [5, 5.41) is 10.0. The Morgan fingerprint density at radius 2 is 1.60 bits per heavy atom. The highest BCUT2D eigenvalue weighted by Crippen LogP contribution is 2.34. The highest BCUT2D eigenvalue weighted by molar-refractivity contribution is 4.93. The van der Waals surface area contributed by atoms with E-state index < -0.39 is 5.60 Å². The molecule has 3 nitrogen and oxygen atoms in total. The van der Waals surface area contributed by atoms with E-state index in [9.17, 15) is 5.11 Å². The van der Waals surface area contributed by atoms with Gasteiger partial charge in [-0.3, -0.25) is 0 Å². The second kappa shape index (κ2) is 5.83. The molecule has 0 rings (SSSR count). The van der Waals surface area contributed by atoms with E-state index in [2.05, 4.69) is 0 Å². The van der Waals surface area contributed by atoms with Gasteiger partial charge in [0.1, 0.15) is 0 Å². The summed E-state index contributed by atoms with van der Waals surface area (Å²) in [6.07, 6.45) is 4.25. The maximum atomic E-state index is 10.0. The van der Waals surface area contributed by atoms with Crippen molar-refractivity contribution in [2.75, 3.05) is 6.54 Å². The van der Waals surface area contributed by atoms with Crippen molar-refractivity contribution in [1.82, 2.24) is 0 Å². The molecule has 0 aromatic heterocycles. The predicted molar refractivity (Wildman–Crippen MR) is 65.6 cm³/mol. The topological polar surface area (TPSA) is 72.3 Å². The Bertz CT molecular complexity index is 173. The van der Waals surface area contributed by atoms with Crippen molar-refractivity contribution < 1.29 is 5.11 Å². The van der Waals surface area contributed by atoms with Crippen molar-refractivity contribution in [2.24, 2.45) is 16.9 Å². The third-order valence-electron chi connectivity index (χ3n) is 3.72. The average molecular weight is 216 g/mol. The van der Waals surface area contributed by atoms with Crippen LogP contribution in [0.15, 0.2) is 0 Å². The minimum Gasteiger partial charge on any atom is -0.390 e. The van der Waals surface area contributed by atoms with Crippen LogP contribution in [-0.2, 0) is 0 Å². The van der Waals surface area contributed by atoms with Gasteiger partial charge in [0.05, 0.1) is 5.60 Å². The van der Waals surface area contributed by atoms with Crippen LogP contribution in [0.2, 0.25) is 0 Å². The third kappa shape index (κ3) is 4.49. The Balaban J connectivity index is 4.03. The molecule has 3 heteroatoms. The van der Waals surface area contributed by atoms with E-state index in [1.165, 1.54) is 0 Å². The lowest BCUT2D eigenvalue weighted by Crippen LogP contribution is -2.51. The lowest BCUT2D eigenvalue weighted by Gasteiger charge is -2.42. The molecule has 0 heterocycles. The van der Waals surface area contributed by atoms with Gasteiger partial charge in [-0.25, -0.2) is 0 Å². The molecular formula is C12H28N2O. The summed E-state index contributed by atoms with van der Waals surface area (Å²) in [6.45, 7) is 8.46. The zero-order valence-corrected chi connectivity index (χ0v) is 10.7. The Hall–Kier alpha value is -0.120. The van der Waals surface area contributed by atoms with Crippen molar-refractivity contribution in [2.45, 2.75) is 65.0 Å². The average Bonchev–Trinajstić information content (AvgIpc) is 2.10. The molecule has 0 spiro atoms. The van der Waals surface area contributed by atoms with E-state index >= 15 is 0 Å². The van der Waals surface area contributed by atoms with Crippen LogP contribution in [0.5, 0.6) is 0 Å². The molecule has 0 aliphatic heterocycles. The first-order chi connectivity index (χ1) is 6.73. The summed E-state index contributed by atoms with van der Waals surface area (Å²) in [5.74, 6) is 0. The molecule has 5 N–H and O–H groups in total. The van der Waals surface area contributed by atoms with Crippen molar-refractivity contribution in [1.29, 1.82) is 0 Å². The van der Waals surface area contributed by atoms with Gasteiger partial charge >= 0.3 is 0 Å². The monoisotopic (exact) mass is 216 g/mol. The van der Waals surface area contributed by atoms with E-state index in [0.29, 0.717) is 0 Å². The molecule has 15 heavy (non-hydrogen) atoms. The van der Waals surface area contributed by atoms with Crippen molar-refractivity contribution >= 4 is 0 Å². The minimum absolute atomic E-state index is 0.0373. The van der Waals surface area contributed by atoms with Crippen molar-refractivity contribution in [3.63, 3.8) is 0 Å². The second-order valence-electron chi connectivity index (χ2n) is 5.53. The lowest BCUT2D eigenvalue weighted by atomic mass is 9.70. The maximum absolute atomic E-state index is 10.0. The highest BCUT2D eigenvalue weighted by atomic mass is 16.3. The van der Waals surface area contributed by atoms with Gasteiger partial charge in [-0.1, -0.05) is 26.7 Å². The first-order valence-corrected chi connectivity index (χ1v) is 5.91. The number of rotatable bonds is 7.